The van der Waals surface area contributed by atoms with E-state index in [2.05, 4.69) is 35.6 Å². The molecule has 0 atom stereocenters. The summed E-state index contributed by atoms with van der Waals surface area (Å²) in [6, 6.07) is 18.7. The molecule has 0 aliphatic heterocycles. The standard InChI is InChI=1S/C19H22N2O/c20-19(22)16-7-4-8-18(13-16)21-17-11-9-15(10-12-17)14-5-2-1-3-6-14/h1-8,13,15,17,21H,9-12H2,(H2,20,22). The van der Waals surface area contributed by atoms with Crippen molar-refractivity contribution >= 4 is 11.6 Å². The Hall–Kier alpha value is -2.29. The molecule has 0 saturated heterocycles. The monoisotopic (exact) mass is 294 g/mol. The molecule has 1 saturated carbocycles. The summed E-state index contributed by atoms with van der Waals surface area (Å²) >= 11 is 0. The van der Waals surface area contributed by atoms with Gasteiger partial charge in [0.25, 0.3) is 0 Å². The molecule has 114 valence electrons. The minimum Gasteiger partial charge on any atom is -0.382 e. The Morgan fingerprint density at radius 2 is 1.68 bits per heavy atom. The van der Waals surface area contributed by atoms with Crippen molar-refractivity contribution in [1.82, 2.24) is 0 Å². The molecule has 1 fully saturated rings. The second kappa shape index (κ2) is 6.65. The number of anilines is 1. The topological polar surface area (TPSA) is 55.1 Å². The number of carbonyl (C=O) groups excluding carboxylic acids is 1. The van der Waals surface area contributed by atoms with E-state index in [1.807, 2.05) is 18.2 Å². The second-order valence-electron chi connectivity index (χ2n) is 6.05. The molecule has 3 N–H and O–H groups in total. The fourth-order valence-corrected chi connectivity index (χ4v) is 3.29. The number of carbonyl (C=O) groups is 1. The maximum Gasteiger partial charge on any atom is 0.248 e. The molecule has 0 unspecified atom stereocenters. The third kappa shape index (κ3) is 3.48. The molecule has 0 heterocycles. The summed E-state index contributed by atoms with van der Waals surface area (Å²) in [5.41, 5.74) is 8.33. The van der Waals surface area contributed by atoms with E-state index < -0.39 is 0 Å². The minimum atomic E-state index is -0.378. The fourth-order valence-electron chi connectivity index (χ4n) is 3.29. The molecule has 0 bridgehead atoms. The molecule has 22 heavy (non-hydrogen) atoms. The van der Waals surface area contributed by atoms with Crippen LogP contribution in [0.5, 0.6) is 0 Å². The molecule has 1 aliphatic rings. The Bertz CT molecular complexity index is 631. The van der Waals surface area contributed by atoms with E-state index in [1.165, 1.54) is 18.4 Å². The highest BCUT2D eigenvalue weighted by molar-refractivity contribution is 5.93. The first-order valence-electron chi connectivity index (χ1n) is 7.94. The number of hydrogen-bond donors (Lipinski definition) is 2. The van der Waals surface area contributed by atoms with Crippen molar-refractivity contribution in [3.63, 3.8) is 0 Å². The summed E-state index contributed by atoms with van der Waals surface area (Å²) in [5.74, 6) is 0.299. The van der Waals surface area contributed by atoms with Gasteiger partial charge in [0.2, 0.25) is 5.91 Å². The zero-order chi connectivity index (χ0) is 15.4. The van der Waals surface area contributed by atoms with Crippen LogP contribution in [0, 0.1) is 0 Å². The quantitative estimate of drug-likeness (QED) is 0.898. The van der Waals surface area contributed by atoms with Crippen LogP contribution < -0.4 is 11.1 Å². The first-order chi connectivity index (χ1) is 10.7. The van der Waals surface area contributed by atoms with Gasteiger partial charge in [-0.2, -0.15) is 0 Å². The van der Waals surface area contributed by atoms with Crippen LogP contribution in [-0.4, -0.2) is 11.9 Å². The minimum absolute atomic E-state index is 0.378. The van der Waals surface area contributed by atoms with Gasteiger partial charge < -0.3 is 11.1 Å². The average Bonchev–Trinajstić information content (AvgIpc) is 2.56. The van der Waals surface area contributed by atoms with Gasteiger partial charge in [-0.15, -0.1) is 0 Å². The highest BCUT2D eigenvalue weighted by atomic mass is 16.1. The van der Waals surface area contributed by atoms with Crippen LogP contribution in [0.4, 0.5) is 5.69 Å². The normalized spacial score (nSPS) is 21.3. The third-order valence-electron chi connectivity index (χ3n) is 4.52. The van der Waals surface area contributed by atoms with Gasteiger partial charge in [-0.3, -0.25) is 4.79 Å². The van der Waals surface area contributed by atoms with Gasteiger partial charge in [0.05, 0.1) is 0 Å². The summed E-state index contributed by atoms with van der Waals surface area (Å²) < 4.78 is 0. The van der Waals surface area contributed by atoms with Crippen LogP contribution in [0.25, 0.3) is 0 Å². The Morgan fingerprint density at radius 3 is 2.36 bits per heavy atom. The van der Waals surface area contributed by atoms with E-state index in [1.54, 1.807) is 6.07 Å². The van der Waals surface area contributed by atoms with E-state index >= 15 is 0 Å². The van der Waals surface area contributed by atoms with Crippen LogP contribution in [0.3, 0.4) is 0 Å². The van der Waals surface area contributed by atoms with Crippen molar-refractivity contribution in [2.75, 3.05) is 5.32 Å². The summed E-state index contributed by atoms with van der Waals surface area (Å²) in [4.78, 5) is 11.2. The second-order valence-corrected chi connectivity index (χ2v) is 6.05. The number of nitrogens with two attached hydrogens (primary N) is 1. The molecular formula is C19H22N2O. The van der Waals surface area contributed by atoms with E-state index in [-0.39, 0.29) is 5.91 Å². The maximum atomic E-state index is 11.2. The molecule has 3 rings (SSSR count). The fraction of sp³-hybridized carbons (Fsp3) is 0.316. The Labute approximate surface area is 131 Å². The highest BCUT2D eigenvalue weighted by Gasteiger charge is 2.22. The lowest BCUT2D eigenvalue weighted by molar-refractivity contribution is 0.100. The molecule has 3 heteroatoms. The molecule has 2 aromatic carbocycles. The predicted molar refractivity (Wildman–Crippen MR) is 90.0 cm³/mol. The Kier molecular flexibility index (Phi) is 4.42. The Morgan fingerprint density at radius 1 is 0.955 bits per heavy atom. The van der Waals surface area contributed by atoms with Crippen molar-refractivity contribution in [3.05, 3.63) is 65.7 Å². The first kappa shape index (κ1) is 14.6. The predicted octanol–water partition coefficient (Wildman–Crippen LogP) is 3.92. The molecule has 1 aliphatic carbocycles. The lowest BCUT2D eigenvalue weighted by atomic mass is 9.82. The van der Waals surface area contributed by atoms with Crippen LogP contribution >= 0.6 is 0 Å². The number of amides is 1. The van der Waals surface area contributed by atoms with Gasteiger partial charge in [0, 0.05) is 17.3 Å². The van der Waals surface area contributed by atoms with Crippen molar-refractivity contribution in [3.8, 4) is 0 Å². The van der Waals surface area contributed by atoms with Crippen LogP contribution in [-0.2, 0) is 0 Å². The van der Waals surface area contributed by atoms with Gasteiger partial charge >= 0.3 is 0 Å². The van der Waals surface area contributed by atoms with Crippen LogP contribution in [0.15, 0.2) is 54.6 Å². The van der Waals surface area contributed by atoms with Crippen LogP contribution in [0.2, 0.25) is 0 Å². The largest absolute Gasteiger partial charge is 0.382 e. The molecule has 3 nitrogen and oxygen atoms in total. The molecule has 2 aromatic rings. The molecular weight excluding hydrogens is 272 g/mol. The van der Waals surface area contributed by atoms with Crippen LogP contribution in [0.1, 0.15) is 47.5 Å². The Balaban J connectivity index is 1.58. The SMILES string of the molecule is NC(=O)c1cccc(NC2CCC(c3ccccc3)CC2)c1. The van der Waals surface area contributed by atoms with Crippen molar-refractivity contribution in [1.29, 1.82) is 0 Å². The molecule has 0 aromatic heterocycles. The summed E-state index contributed by atoms with van der Waals surface area (Å²) in [5, 5.41) is 3.54. The molecule has 0 radical (unpaired) electrons. The van der Waals surface area contributed by atoms with E-state index in [4.69, 9.17) is 5.73 Å². The smallest absolute Gasteiger partial charge is 0.248 e. The number of rotatable bonds is 4. The van der Waals surface area contributed by atoms with Gasteiger partial charge in [0.15, 0.2) is 0 Å². The first-order valence-corrected chi connectivity index (χ1v) is 7.94. The summed E-state index contributed by atoms with van der Waals surface area (Å²) in [6.45, 7) is 0. The number of primary amides is 1. The average molecular weight is 294 g/mol. The number of nitrogens with one attached hydrogen (secondary N) is 1. The van der Waals surface area contributed by atoms with Gasteiger partial charge in [-0.05, 0) is 55.4 Å². The van der Waals surface area contributed by atoms with Gasteiger partial charge in [-0.25, -0.2) is 0 Å². The van der Waals surface area contributed by atoms with Crippen molar-refractivity contribution < 1.29 is 4.79 Å². The third-order valence-corrected chi connectivity index (χ3v) is 4.52. The lowest BCUT2D eigenvalue weighted by Gasteiger charge is -2.30. The summed E-state index contributed by atoms with van der Waals surface area (Å²) in [7, 11) is 0. The van der Waals surface area contributed by atoms with Gasteiger partial charge in [0.1, 0.15) is 0 Å². The van der Waals surface area contributed by atoms with Crippen molar-refractivity contribution in [2.24, 2.45) is 5.73 Å². The molecule has 0 spiro atoms. The van der Waals surface area contributed by atoms with E-state index in [0.29, 0.717) is 17.5 Å². The lowest BCUT2D eigenvalue weighted by Crippen LogP contribution is -2.25. The van der Waals surface area contributed by atoms with E-state index in [9.17, 15) is 4.79 Å². The molecule has 1 amide bonds. The summed E-state index contributed by atoms with van der Waals surface area (Å²) in [6.07, 6.45) is 4.72. The van der Waals surface area contributed by atoms with E-state index in [0.717, 1.165) is 18.5 Å². The van der Waals surface area contributed by atoms with Gasteiger partial charge in [-0.1, -0.05) is 36.4 Å². The van der Waals surface area contributed by atoms with Crippen molar-refractivity contribution in [2.45, 2.75) is 37.6 Å². The maximum absolute atomic E-state index is 11.2. The zero-order valence-corrected chi connectivity index (χ0v) is 12.7. The number of benzene rings is 2. The zero-order valence-electron chi connectivity index (χ0n) is 12.7. The number of hydrogen-bond acceptors (Lipinski definition) is 2. The highest BCUT2D eigenvalue weighted by Crippen LogP contribution is 2.33.